The Morgan fingerprint density at radius 1 is 1.31 bits per heavy atom. The van der Waals surface area contributed by atoms with E-state index in [1.807, 2.05) is 0 Å². The molecule has 1 aromatic heterocycles. The summed E-state index contributed by atoms with van der Waals surface area (Å²) >= 11 is 0. The van der Waals surface area contributed by atoms with Gasteiger partial charge in [0.15, 0.2) is 5.82 Å². The Morgan fingerprint density at radius 2 is 2.06 bits per heavy atom. The third-order valence-corrected chi connectivity index (χ3v) is 2.91. The fourth-order valence-electron chi connectivity index (χ4n) is 1.87. The highest BCUT2D eigenvalue weighted by Gasteiger charge is 2.16. The van der Waals surface area contributed by atoms with E-state index in [-0.39, 0.29) is 0 Å². The van der Waals surface area contributed by atoms with E-state index in [0.717, 1.165) is 38.5 Å². The molecule has 0 radical (unpaired) electrons. The summed E-state index contributed by atoms with van der Waals surface area (Å²) in [5.74, 6) is 6.81. The lowest BCUT2D eigenvalue weighted by atomic mass is 10.3. The minimum Gasteiger partial charge on any atom is -0.353 e. The average molecular weight is 222 g/mol. The number of nitrogens with one attached hydrogen (secondary N) is 1. The number of piperazine rings is 1. The Bertz CT molecular complexity index is 334. The summed E-state index contributed by atoms with van der Waals surface area (Å²) in [6.45, 7) is 7.46. The normalized spacial score (nSPS) is 17.5. The van der Waals surface area contributed by atoms with Crippen LogP contribution in [0, 0.1) is 0 Å². The van der Waals surface area contributed by atoms with Crippen molar-refractivity contribution in [3.63, 3.8) is 0 Å². The van der Waals surface area contributed by atoms with E-state index in [4.69, 9.17) is 5.84 Å². The second kappa shape index (κ2) is 5.09. The molecule has 1 aliphatic rings. The molecule has 1 saturated heterocycles. The molecule has 2 heterocycles. The zero-order chi connectivity index (χ0) is 11.4. The Kier molecular flexibility index (Phi) is 3.53. The Balaban J connectivity index is 2.02. The van der Waals surface area contributed by atoms with E-state index in [0.29, 0.717) is 5.82 Å². The van der Waals surface area contributed by atoms with Gasteiger partial charge in [-0.25, -0.2) is 10.8 Å². The molecule has 0 aliphatic carbocycles. The molecule has 1 fully saturated rings. The molecule has 2 rings (SSSR count). The van der Waals surface area contributed by atoms with Gasteiger partial charge in [0.2, 0.25) is 0 Å². The van der Waals surface area contributed by atoms with Gasteiger partial charge in [-0.3, -0.25) is 4.98 Å². The fraction of sp³-hybridized carbons (Fsp3) is 0.600. The van der Waals surface area contributed by atoms with E-state index in [9.17, 15) is 0 Å². The van der Waals surface area contributed by atoms with Crippen molar-refractivity contribution in [1.29, 1.82) is 0 Å². The lowest BCUT2D eigenvalue weighted by Gasteiger charge is -2.34. The molecule has 0 atom stereocenters. The molecule has 0 bridgehead atoms. The average Bonchev–Trinajstić information content (AvgIpc) is 2.39. The molecule has 0 amide bonds. The maximum absolute atomic E-state index is 5.31. The molecule has 0 saturated carbocycles. The predicted molar refractivity (Wildman–Crippen MR) is 64.2 cm³/mol. The van der Waals surface area contributed by atoms with Crippen molar-refractivity contribution in [3.8, 4) is 0 Å². The van der Waals surface area contributed by atoms with Crippen LogP contribution in [0.1, 0.15) is 6.92 Å². The maximum atomic E-state index is 5.31. The van der Waals surface area contributed by atoms with Gasteiger partial charge in [-0.2, -0.15) is 0 Å². The Labute approximate surface area is 95.4 Å². The third-order valence-electron chi connectivity index (χ3n) is 2.91. The van der Waals surface area contributed by atoms with E-state index in [1.165, 1.54) is 0 Å². The number of nitrogen functional groups attached to an aromatic ring is 1. The molecular weight excluding hydrogens is 204 g/mol. The van der Waals surface area contributed by atoms with Crippen molar-refractivity contribution < 1.29 is 0 Å². The molecule has 88 valence electrons. The van der Waals surface area contributed by atoms with E-state index < -0.39 is 0 Å². The van der Waals surface area contributed by atoms with Gasteiger partial charge >= 0.3 is 0 Å². The van der Waals surface area contributed by atoms with Crippen molar-refractivity contribution in [2.24, 2.45) is 5.84 Å². The lowest BCUT2D eigenvalue weighted by molar-refractivity contribution is 0.270. The van der Waals surface area contributed by atoms with Gasteiger partial charge in [0.25, 0.3) is 0 Å². The zero-order valence-corrected chi connectivity index (χ0v) is 9.56. The van der Waals surface area contributed by atoms with Gasteiger partial charge in [-0.15, -0.1) is 0 Å². The molecule has 0 aromatic carbocycles. The third kappa shape index (κ3) is 2.40. The molecular formula is C10H18N6. The molecule has 16 heavy (non-hydrogen) atoms. The van der Waals surface area contributed by atoms with Crippen LogP contribution in [0.25, 0.3) is 0 Å². The maximum Gasteiger partial charge on any atom is 0.160 e. The van der Waals surface area contributed by atoms with E-state index in [1.54, 1.807) is 12.4 Å². The van der Waals surface area contributed by atoms with Crippen molar-refractivity contribution in [2.45, 2.75) is 6.92 Å². The van der Waals surface area contributed by atoms with Crippen LogP contribution in [-0.4, -0.2) is 47.6 Å². The monoisotopic (exact) mass is 222 g/mol. The largest absolute Gasteiger partial charge is 0.353 e. The number of aromatic nitrogens is 2. The zero-order valence-electron chi connectivity index (χ0n) is 9.56. The highest BCUT2D eigenvalue weighted by atomic mass is 15.3. The second-order valence-electron chi connectivity index (χ2n) is 3.83. The van der Waals surface area contributed by atoms with Crippen LogP contribution in [0.15, 0.2) is 12.4 Å². The summed E-state index contributed by atoms with van der Waals surface area (Å²) in [6, 6.07) is 0. The summed E-state index contributed by atoms with van der Waals surface area (Å²) in [5, 5.41) is 0. The Hall–Kier alpha value is -1.40. The van der Waals surface area contributed by atoms with Crippen LogP contribution in [0.4, 0.5) is 11.6 Å². The van der Waals surface area contributed by atoms with Crippen LogP contribution >= 0.6 is 0 Å². The number of nitrogens with two attached hydrogens (primary N) is 1. The number of rotatable bonds is 3. The summed E-state index contributed by atoms with van der Waals surface area (Å²) in [4.78, 5) is 13.1. The van der Waals surface area contributed by atoms with Crippen LogP contribution in [0.2, 0.25) is 0 Å². The molecule has 1 aliphatic heterocycles. The van der Waals surface area contributed by atoms with Crippen LogP contribution in [0.3, 0.4) is 0 Å². The highest BCUT2D eigenvalue weighted by molar-refractivity contribution is 5.43. The minimum atomic E-state index is 0.607. The molecule has 0 unspecified atom stereocenters. The van der Waals surface area contributed by atoms with E-state index >= 15 is 0 Å². The van der Waals surface area contributed by atoms with Crippen LogP contribution < -0.4 is 16.2 Å². The number of nitrogens with zero attached hydrogens (tertiary/aromatic N) is 4. The molecule has 6 heteroatoms. The predicted octanol–water partition coefficient (Wildman–Crippen LogP) is -0.0959. The summed E-state index contributed by atoms with van der Waals surface area (Å²) < 4.78 is 0. The number of anilines is 2. The SMILES string of the molecule is CCN1CCN(c2cncc(NN)n2)CC1. The summed E-state index contributed by atoms with van der Waals surface area (Å²) in [7, 11) is 0. The van der Waals surface area contributed by atoms with Gasteiger partial charge < -0.3 is 15.2 Å². The van der Waals surface area contributed by atoms with Crippen molar-refractivity contribution in [1.82, 2.24) is 14.9 Å². The van der Waals surface area contributed by atoms with Gasteiger partial charge in [0.05, 0.1) is 12.4 Å². The summed E-state index contributed by atoms with van der Waals surface area (Å²) in [6.07, 6.45) is 3.40. The lowest BCUT2D eigenvalue weighted by Crippen LogP contribution is -2.46. The fourth-order valence-corrected chi connectivity index (χ4v) is 1.87. The first-order valence-corrected chi connectivity index (χ1v) is 5.59. The standard InChI is InChI=1S/C10H18N6/c1-2-15-3-5-16(6-4-15)10-8-12-7-9(13-10)14-11/h7-8H,2-6,11H2,1H3,(H,13,14). The van der Waals surface area contributed by atoms with Crippen molar-refractivity contribution in [2.75, 3.05) is 43.0 Å². The van der Waals surface area contributed by atoms with Gasteiger partial charge in [-0.05, 0) is 6.54 Å². The van der Waals surface area contributed by atoms with Crippen molar-refractivity contribution in [3.05, 3.63) is 12.4 Å². The Morgan fingerprint density at radius 3 is 2.69 bits per heavy atom. The highest BCUT2D eigenvalue weighted by Crippen LogP contribution is 2.13. The second-order valence-corrected chi connectivity index (χ2v) is 3.83. The first-order valence-electron chi connectivity index (χ1n) is 5.59. The summed E-state index contributed by atoms with van der Waals surface area (Å²) in [5.41, 5.74) is 2.52. The smallest absolute Gasteiger partial charge is 0.160 e. The van der Waals surface area contributed by atoms with Gasteiger partial charge in [0, 0.05) is 26.2 Å². The van der Waals surface area contributed by atoms with Gasteiger partial charge in [0.1, 0.15) is 5.82 Å². The quantitative estimate of drug-likeness (QED) is 0.550. The first kappa shape index (κ1) is 11.1. The van der Waals surface area contributed by atoms with Crippen LogP contribution in [0.5, 0.6) is 0 Å². The van der Waals surface area contributed by atoms with Gasteiger partial charge in [-0.1, -0.05) is 6.92 Å². The number of hydrogen-bond donors (Lipinski definition) is 2. The number of hydrogen-bond acceptors (Lipinski definition) is 6. The number of likely N-dealkylation sites (N-methyl/N-ethyl adjacent to an activating group) is 1. The van der Waals surface area contributed by atoms with E-state index in [2.05, 4.69) is 32.1 Å². The van der Waals surface area contributed by atoms with Crippen LogP contribution in [-0.2, 0) is 0 Å². The molecule has 1 aromatic rings. The molecule has 0 spiro atoms. The first-order chi connectivity index (χ1) is 7.83. The topological polar surface area (TPSA) is 70.3 Å². The minimum absolute atomic E-state index is 0.607. The van der Waals surface area contributed by atoms with Crippen molar-refractivity contribution >= 4 is 11.6 Å². The number of hydrazine groups is 1. The molecule has 6 nitrogen and oxygen atoms in total. The molecule has 3 N–H and O–H groups in total.